The molecule has 2 nitrogen and oxygen atoms in total. The first kappa shape index (κ1) is 10.6. The third-order valence-electron chi connectivity index (χ3n) is 1.85. The molecule has 1 aromatic rings. The average Bonchev–Trinajstić information content (AvgIpc) is 2.18. The summed E-state index contributed by atoms with van der Waals surface area (Å²) < 4.78 is 24.2. The van der Waals surface area contributed by atoms with E-state index in [0.29, 0.717) is 11.1 Å². The second-order valence-corrected chi connectivity index (χ2v) is 3.01. The van der Waals surface area contributed by atoms with Crippen molar-refractivity contribution in [2.45, 2.75) is 18.9 Å². The summed E-state index contributed by atoms with van der Waals surface area (Å²) in [6, 6.07) is 7.31. The highest BCUT2D eigenvalue weighted by molar-refractivity contribution is 5.33. The van der Waals surface area contributed by atoms with Gasteiger partial charge in [-0.1, -0.05) is 12.1 Å². The van der Waals surface area contributed by atoms with E-state index in [-0.39, 0.29) is 6.42 Å². The van der Waals surface area contributed by atoms with Crippen molar-refractivity contribution in [3.8, 4) is 6.07 Å². The molecule has 4 heteroatoms. The van der Waals surface area contributed by atoms with Gasteiger partial charge in [0, 0.05) is 0 Å². The van der Waals surface area contributed by atoms with E-state index in [0.717, 1.165) is 0 Å². The van der Waals surface area contributed by atoms with Gasteiger partial charge < -0.3 is 5.73 Å². The Morgan fingerprint density at radius 3 is 2.71 bits per heavy atom. The van der Waals surface area contributed by atoms with Crippen LogP contribution in [-0.4, -0.2) is 12.5 Å². The smallest absolute Gasteiger partial charge is 0.253 e. The van der Waals surface area contributed by atoms with Crippen LogP contribution in [0.2, 0.25) is 0 Å². The maximum atomic E-state index is 12.1. The van der Waals surface area contributed by atoms with Gasteiger partial charge in [0.1, 0.15) is 0 Å². The standard InChI is InChI=1S/C10H10F2N2/c11-10(12)9(14)5-7-2-1-3-8(4-7)6-13/h1-4,9-10H,5,14H2. The Balaban J connectivity index is 2.73. The van der Waals surface area contributed by atoms with Gasteiger partial charge in [-0.15, -0.1) is 0 Å². The first-order chi connectivity index (χ1) is 6.63. The highest BCUT2D eigenvalue weighted by Crippen LogP contribution is 2.09. The zero-order valence-electron chi connectivity index (χ0n) is 7.45. The molecule has 2 N–H and O–H groups in total. The molecule has 0 saturated heterocycles. The SMILES string of the molecule is N#Cc1cccc(CC(N)C(F)F)c1. The van der Waals surface area contributed by atoms with Gasteiger partial charge in [0.05, 0.1) is 17.7 Å². The van der Waals surface area contributed by atoms with Crippen molar-refractivity contribution < 1.29 is 8.78 Å². The van der Waals surface area contributed by atoms with Crippen LogP contribution in [0, 0.1) is 11.3 Å². The van der Waals surface area contributed by atoms with E-state index < -0.39 is 12.5 Å². The number of nitrogens with two attached hydrogens (primary N) is 1. The van der Waals surface area contributed by atoms with Gasteiger partial charge in [-0.25, -0.2) is 8.78 Å². The highest BCUT2D eigenvalue weighted by Gasteiger charge is 2.15. The molecule has 1 atom stereocenters. The molecule has 0 heterocycles. The number of benzene rings is 1. The largest absolute Gasteiger partial charge is 0.323 e. The summed E-state index contributed by atoms with van der Waals surface area (Å²) in [5.41, 5.74) is 6.33. The Kier molecular flexibility index (Phi) is 3.55. The summed E-state index contributed by atoms with van der Waals surface area (Å²) in [7, 11) is 0. The van der Waals surface area contributed by atoms with Crippen LogP contribution in [0.25, 0.3) is 0 Å². The van der Waals surface area contributed by atoms with Gasteiger partial charge in [-0.3, -0.25) is 0 Å². The zero-order chi connectivity index (χ0) is 10.6. The van der Waals surface area contributed by atoms with Gasteiger partial charge in [-0.05, 0) is 24.1 Å². The zero-order valence-corrected chi connectivity index (χ0v) is 7.45. The molecule has 0 fully saturated rings. The van der Waals surface area contributed by atoms with E-state index in [1.54, 1.807) is 24.3 Å². The molecule has 0 aliphatic heterocycles. The number of nitriles is 1. The molecule has 0 aliphatic carbocycles. The predicted octanol–water partition coefficient (Wildman–Crippen LogP) is 1.69. The lowest BCUT2D eigenvalue weighted by molar-refractivity contribution is 0.116. The minimum absolute atomic E-state index is 0.0905. The molecule has 0 bridgehead atoms. The first-order valence-electron chi connectivity index (χ1n) is 4.16. The minimum atomic E-state index is -2.53. The molecule has 1 aromatic carbocycles. The number of nitrogens with zero attached hydrogens (tertiary/aromatic N) is 1. The normalized spacial score (nSPS) is 12.5. The summed E-state index contributed by atoms with van der Waals surface area (Å²) in [4.78, 5) is 0. The number of halogens is 2. The Morgan fingerprint density at radius 1 is 1.43 bits per heavy atom. The van der Waals surface area contributed by atoms with Crippen LogP contribution in [0.15, 0.2) is 24.3 Å². The highest BCUT2D eigenvalue weighted by atomic mass is 19.3. The van der Waals surface area contributed by atoms with E-state index >= 15 is 0 Å². The third kappa shape index (κ3) is 2.79. The summed E-state index contributed by atoms with van der Waals surface area (Å²) in [5, 5.41) is 8.58. The Hall–Kier alpha value is -1.47. The van der Waals surface area contributed by atoms with Crippen LogP contribution in [0.1, 0.15) is 11.1 Å². The van der Waals surface area contributed by atoms with Crippen molar-refractivity contribution >= 4 is 0 Å². The first-order valence-corrected chi connectivity index (χ1v) is 4.16. The van der Waals surface area contributed by atoms with Crippen LogP contribution in [-0.2, 0) is 6.42 Å². The number of alkyl halides is 2. The lowest BCUT2D eigenvalue weighted by Gasteiger charge is -2.09. The van der Waals surface area contributed by atoms with E-state index in [9.17, 15) is 8.78 Å². The fourth-order valence-corrected chi connectivity index (χ4v) is 1.13. The third-order valence-corrected chi connectivity index (χ3v) is 1.85. The van der Waals surface area contributed by atoms with Crippen molar-refractivity contribution in [3.63, 3.8) is 0 Å². The summed E-state index contributed by atoms with van der Waals surface area (Å²) in [5.74, 6) is 0. The van der Waals surface area contributed by atoms with E-state index in [4.69, 9.17) is 11.0 Å². The number of hydrogen-bond acceptors (Lipinski definition) is 2. The Bertz CT molecular complexity index is 344. The van der Waals surface area contributed by atoms with E-state index in [2.05, 4.69) is 0 Å². The molecule has 0 spiro atoms. The summed E-state index contributed by atoms with van der Waals surface area (Å²) >= 11 is 0. The second kappa shape index (κ2) is 4.68. The van der Waals surface area contributed by atoms with Gasteiger partial charge in [0.15, 0.2) is 0 Å². The van der Waals surface area contributed by atoms with Crippen molar-refractivity contribution in [2.75, 3.05) is 0 Å². The van der Waals surface area contributed by atoms with Gasteiger partial charge in [0.25, 0.3) is 6.43 Å². The maximum Gasteiger partial charge on any atom is 0.253 e. The van der Waals surface area contributed by atoms with Crippen LogP contribution in [0.5, 0.6) is 0 Å². The van der Waals surface area contributed by atoms with Crippen molar-refractivity contribution in [1.29, 1.82) is 5.26 Å². The fourth-order valence-electron chi connectivity index (χ4n) is 1.13. The van der Waals surface area contributed by atoms with Crippen LogP contribution < -0.4 is 5.73 Å². The van der Waals surface area contributed by atoms with Crippen LogP contribution in [0.3, 0.4) is 0 Å². The quantitative estimate of drug-likeness (QED) is 0.799. The molecule has 74 valence electrons. The van der Waals surface area contributed by atoms with Crippen molar-refractivity contribution in [3.05, 3.63) is 35.4 Å². The van der Waals surface area contributed by atoms with Crippen LogP contribution >= 0.6 is 0 Å². The number of hydrogen-bond donors (Lipinski definition) is 1. The van der Waals surface area contributed by atoms with E-state index in [1.807, 2.05) is 6.07 Å². The Morgan fingerprint density at radius 2 is 2.14 bits per heavy atom. The second-order valence-electron chi connectivity index (χ2n) is 3.01. The average molecular weight is 196 g/mol. The predicted molar refractivity (Wildman–Crippen MR) is 48.8 cm³/mol. The van der Waals surface area contributed by atoms with Crippen molar-refractivity contribution in [2.24, 2.45) is 5.73 Å². The Labute approximate surface area is 81.0 Å². The molecule has 0 saturated carbocycles. The maximum absolute atomic E-state index is 12.1. The molecular formula is C10H10F2N2. The minimum Gasteiger partial charge on any atom is -0.323 e. The topological polar surface area (TPSA) is 49.8 Å². The van der Waals surface area contributed by atoms with Gasteiger partial charge in [0.2, 0.25) is 0 Å². The van der Waals surface area contributed by atoms with E-state index in [1.165, 1.54) is 0 Å². The summed E-state index contributed by atoms with van der Waals surface area (Å²) in [6.45, 7) is 0. The van der Waals surface area contributed by atoms with Gasteiger partial charge in [-0.2, -0.15) is 5.26 Å². The molecular weight excluding hydrogens is 186 g/mol. The monoisotopic (exact) mass is 196 g/mol. The van der Waals surface area contributed by atoms with Crippen molar-refractivity contribution in [1.82, 2.24) is 0 Å². The lowest BCUT2D eigenvalue weighted by atomic mass is 10.0. The number of rotatable bonds is 3. The molecule has 0 aromatic heterocycles. The van der Waals surface area contributed by atoms with Crippen LogP contribution in [0.4, 0.5) is 8.78 Å². The molecule has 14 heavy (non-hydrogen) atoms. The molecule has 1 unspecified atom stereocenters. The lowest BCUT2D eigenvalue weighted by Crippen LogP contribution is -2.30. The summed E-state index contributed by atoms with van der Waals surface area (Å²) in [6.07, 6.45) is -2.44. The molecule has 0 radical (unpaired) electrons. The fraction of sp³-hybridized carbons (Fsp3) is 0.300. The molecule has 1 rings (SSSR count). The molecule has 0 aliphatic rings. The van der Waals surface area contributed by atoms with Gasteiger partial charge >= 0.3 is 0 Å². The molecule has 0 amide bonds.